The number of alkyl halides is 3. The van der Waals surface area contributed by atoms with Crippen LogP contribution in [0.15, 0.2) is 24.3 Å². The normalized spacial score (nSPS) is 23.0. The van der Waals surface area contributed by atoms with Gasteiger partial charge in [0.2, 0.25) is 5.91 Å². The molecular formula is C18H24F3N3O3S. The van der Waals surface area contributed by atoms with Crippen molar-refractivity contribution in [3.05, 3.63) is 29.8 Å². The zero-order chi connectivity index (χ0) is 20.5. The van der Waals surface area contributed by atoms with E-state index in [0.717, 1.165) is 12.1 Å². The number of nitrogens with zero attached hydrogens (tertiary/aromatic N) is 3. The van der Waals surface area contributed by atoms with Crippen LogP contribution in [0, 0.1) is 0 Å². The van der Waals surface area contributed by atoms with E-state index in [9.17, 15) is 26.4 Å². The summed E-state index contributed by atoms with van der Waals surface area (Å²) < 4.78 is 61.8. The van der Waals surface area contributed by atoms with Crippen molar-refractivity contribution in [3.8, 4) is 0 Å². The smallest absolute Gasteiger partial charge is 0.369 e. The van der Waals surface area contributed by atoms with Crippen LogP contribution in [0.3, 0.4) is 0 Å². The van der Waals surface area contributed by atoms with E-state index < -0.39 is 21.6 Å². The summed E-state index contributed by atoms with van der Waals surface area (Å²) in [5, 5.41) is 0. The maximum Gasteiger partial charge on any atom is 0.416 e. The van der Waals surface area contributed by atoms with Crippen molar-refractivity contribution in [1.29, 1.82) is 0 Å². The Hall–Kier alpha value is -1.81. The fraction of sp³-hybridized carbons (Fsp3) is 0.611. The molecule has 2 heterocycles. The molecule has 2 saturated heterocycles. The average molecular weight is 419 g/mol. The van der Waals surface area contributed by atoms with Crippen LogP contribution in [0.1, 0.15) is 12.0 Å². The van der Waals surface area contributed by atoms with E-state index in [2.05, 4.69) is 0 Å². The number of hydrogen-bond donors (Lipinski definition) is 0. The van der Waals surface area contributed by atoms with Crippen LogP contribution >= 0.6 is 0 Å². The van der Waals surface area contributed by atoms with Gasteiger partial charge in [0, 0.05) is 45.0 Å². The van der Waals surface area contributed by atoms with Gasteiger partial charge in [-0.15, -0.1) is 0 Å². The molecule has 2 aliphatic rings. The second kappa shape index (κ2) is 7.90. The molecule has 1 atom stereocenters. The Labute approximate surface area is 162 Å². The number of benzene rings is 1. The molecule has 0 saturated carbocycles. The van der Waals surface area contributed by atoms with Crippen molar-refractivity contribution in [2.45, 2.75) is 18.6 Å². The van der Waals surface area contributed by atoms with Crippen LogP contribution in [0.25, 0.3) is 0 Å². The first-order valence-corrected chi connectivity index (χ1v) is 11.0. The van der Waals surface area contributed by atoms with Crippen molar-refractivity contribution in [2.75, 3.05) is 56.2 Å². The summed E-state index contributed by atoms with van der Waals surface area (Å²) in [5.74, 6) is -0.00150. The first kappa shape index (κ1) is 20.9. The van der Waals surface area contributed by atoms with Gasteiger partial charge in [-0.1, -0.05) is 6.07 Å². The average Bonchev–Trinajstić information content (AvgIpc) is 3.01. The largest absolute Gasteiger partial charge is 0.416 e. The highest BCUT2D eigenvalue weighted by atomic mass is 32.2. The van der Waals surface area contributed by atoms with Crippen LogP contribution in [-0.2, 0) is 20.8 Å². The molecular weight excluding hydrogens is 395 g/mol. The number of hydrogen-bond acceptors (Lipinski definition) is 5. The van der Waals surface area contributed by atoms with Crippen molar-refractivity contribution in [3.63, 3.8) is 0 Å². The Kier molecular flexibility index (Phi) is 5.90. The summed E-state index contributed by atoms with van der Waals surface area (Å²) in [5.41, 5.74) is -0.148. The Morgan fingerprint density at radius 1 is 1.21 bits per heavy atom. The fourth-order valence-corrected chi connectivity index (χ4v) is 5.40. The number of anilines is 1. The van der Waals surface area contributed by atoms with Gasteiger partial charge in [-0.25, -0.2) is 8.42 Å². The summed E-state index contributed by atoms with van der Waals surface area (Å²) in [7, 11) is -1.42. The molecule has 0 unspecified atom stereocenters. The van der Waals surface area contributed by atoms with Gasteiger partial charge in [0.25, 0.3) is 0 Å². The lowest BCUT2D eigenvalue weighted by Gasteiger charge is -2.37. The van der Waals surface area contributed by atoms with Gasteiger partial charge in [0.15, 0.2) is 9.84 Å². The van der Waals surface area contributed by atoms with Crippen LogP contribution in [-0.4, -0.2) is 81.4 Å². The molecule has 1 aromatic carbocycles. The summed E-state index contributed by atoms with van der Waals surface area (Å²) in [6, 6.07) is 4.99. The number of piperazine rings is 1. The molecule has 0 N–H and O–H groups in total. The fourth-order valence-electron chi connectivity index (χ4n) is 3.63. The van der Waals surface area contributed by atoms with Gasteiger partial charge in [-0.2, -0.15) is 13.2 Å². The molecule has 2 fully saturated rings. The molecule has 0 bridgehead atoms. The monoisotopic (exact) mass is 419 g/mol. The van der Waals surface area contributed by atoms with Crippen LogP contribution in [0.5, 0.6) is 0 Å². The first-order valence-electron chi connectivity index (χ1n) is 9.16. The van der Waals surface area contributed by atoms with Crippen molar-refractivity contribution < 1.29 is 26.4 Å². The number of halogens is 3. The second-order valence-electron chi connectivity index (χ2n) is 7.37. The van der Waals surface area contributed by atoms with E-state index >= 15 is 0 Å². The standard InChI is InChI=1S/C18H24F3N3O3S/c1-22(16-5-10-28(26,27)13-16)17(25)12-23-6-8-24(9-7-23)15-4-2-3-14(11-15)18(19,20)21/h2-4,11,16H,5-10,12-13H2,1H3/t16-/m0/s1. The van der Waals surface area contributed by atoms with Crippen LogP contribution in [0.4, 0.5) is 18.9 Å². The lowest BCUT2D eigenvalue weighted by atomic mass is 10.1. The third-order valence-electron chi connectivity index (χ3n) is 5.42. The van der Waals surface area contributed by atoms with Gasteiger partial charge in [0.1, 0.15) is 0 Å². The number of rotatable bonds is 4. The zero-order valence-corrected chi connectivity index (χ0v) is 16.5. The number of carbonyl (C=O) groups excluding carboxylic acids is 1. The maximum absolute atomic E-state index is 12.9. The van der Waals surface area contributed by atoms with E-state index in [0.29, 0.717) is 38.3 Å². The van der Waals surface area contributed by atoms with E-state index in [1.165, 1.54) is 11.0 Å². The van der Waals surface area contributed by atoms with Crippen LogP contribution < -0.4 is 4.90 Å². The molecule has 6 nitrogen and oxygen atoms in total. The predicted octanol–water partition coefficient (Wildman–Crippen LogP) is 1.47. The molecule has 0 spiro atoms. The molecule has 2 aliphatic heterocycles. The molecule has 3 rings (SSSR count). The minimum atomic E-state index is -4.37. The molecule has 156 valence electrons. The molecule has 10 heteroatoms. The minimum absolute atomic E-state index is 0.0125. The number of carbonyl (C=O) groups is 1. The van der Waals surface area contributed by atoms with E-state index in [1.54, 1.807) is 13.1 Å². The maximum atomic E-state index is 12.9. The van der Waals surface area contributed by atoms with Gasteiger partial charge >= 0.3 is 6.18 Å². The highest BCUT2D eigenvalue weighted by Gasteiger charge is 2.34. The lowest BCUT2D eigenvalue weighted by Crippen LogP contribution is -2.51. The summed E-state index contributed by atoms with van der Waals surface area (Å²) in [6.45, 7) is 2.34. The highest BCUT2D eigenvalue weighted by molar-refractivity contribution is 7.91. The molecule has 1 amide bonds. The Morgan fingerprint density at radius 3 is 2.46 bits per heavy atom. The third kappa shape index (κ3) is 4.96. The molecule has 0 radical (unpaired) electrons. The number of amides is 1. The van der Waals surface area contributed by atoms with Gasteiger partial charge in [-0.3, -0.25) is 9.69 Å². The van der Waals surface area contributed by atoms with E-state index in [1.807, 2.05) is 9.80 Å². The quantitative estimate of drug-likeness (QED) is 0.740. The summed E-state index contributed by atoms with van der Waals surface area (Å²) >= 11 is 0. The molecule has 28 heavy (non-hydrogen) atoms. The highest BCUT2D eigenvalue weighted by Crippen LogP contribution is 2.31. The Bertz CT molecular complexity index is 821. The predicted molar refractivity (Wildman–Crippen MR) is 99.9 cm³/mol. The van der Waals surface area contributed by atoms with E-state index in [4.69, 9.17) is 0 Å². The van der Waals surface area contributed by atoms with Crippen molar-refractivity contribution >= 4 is 21.4 Å². The van der Waals surface area contributed by atoms with E-state index in [-0.39, 0.29) is 30.0 Å². The second-order valence-corrected chi connectivity index (χ2v) is 9.60. The third-order valence-corrected chi connectivity index (χ3v) is 7.17. The molecule has 1 aromatic rings. The van der Waals surface area contributed by atoms with Crippen LogP contribution in [0.2, 0.25) is 0 Å². The first-order chi connectivity index (χ1) is 13.0. The number of sulfone groups is 1. The Morgan fingerprint density at radius 2 is 1.89 bits per heavy atom. The zero-order valence-electron chi connectivity index (χ0n) is 15.7. The van der Waals surface area contributed by atoms with Gasteiger partial charge < -0.3 is 9.80 Å². The lowest BCUT2D eigenvalue weighted by molar-refractivity contribution is -0.137. The minimum Gasteiger partial charge on any atom is -0.369 e. The summed E-state index contributed by atoms with van der Waals surface area (Å²) in [6.07, 6.45) is -3.91. The van der Waals surface area contributed by atoms with Crippen molar-refractivity contribution in [1.82, 2.24) is 9.80 Å². The topological polar surface area (TPSA) is 60.9 Å². The summed E-state index contributed by atoms with van der Waals surface area (Å²) in [4.78, 5) is 17.8. The van der Waals surface area contributed by atoms with Gasteiger partial charge in [-0.05, 0) is 24.6 Å². The SMILES string of the molecule is CN(C(=O)CN1CCN(c2cccc(C(F)(F)F)c2)CC1)[C@H]1CCS(=O)(=O)C1. The Balaban J connectivity index is 1.52. The molecule has 0 aliphatic carbocycles. The van der Waals surface area contributed by atoms with Crippen molar-refractivity contribution in [2.24, 2.45) is 0 Å². The number of likely N-dealkylation sites (N-methyl/N-ethyl adjacent to an activating group) is 1. The van der Waals surface area contributed by atoms with Gasteiger partial charge in [0.05, 0.1) is 23.6 Å². The molecule has 0 aromatic heterocycles.